The number of esters is 1. The highest BCUT2D eigenvalue weighted by atomic mass is 35.5. The highest BCUT2D eigenvalue weighted by Gasteiger charge is 2.32. The number of carbonyl (C=O) groups excluding carboxylic acids is 1. The summed E-state index contributed by atoms with van der Waals surface area (Å²) < 4.78 is 13.0. The molecule has 34 heavy (non-hydrogen) atoms. The van der Waals surface area contributed by atoms with Gasteiger partial charge < -0.3 is 9.15 Å². The first kappa shape index (κ1) is 22.1. The van der Waals surface area contributed by atoms with Crippen LogP contribution in [0, 0.1) is 0 Å². The molecule has 0 aliphatic carbocycles. The van der Waals surface area contributed by atoms with Crippen LogP contribution in [0.4, 0.5) is 0 Å². The third-order valence-electron chi connectivity index (χ3n) is 5.58. The Labute approximate surface area is 203 Å². The first-order valence-corrected chi connectivity index (χ1v) is 11.7. The SMILES string of the molecule is COC(=O)C1=C(C)N=c2s/c(=C\c3ccc(-c4ccccc4Cl)o3)c(=O)n2[C@H]1c1ccccc1. The van der Waals surface area contributed by atoms with Crippen LogP contribution in [0.2, 0.25) is 5.02 Å². The summed E-state index contributed by atoms with van der Waals surface area (Å²) in [5, 5.41) is 0.580. The van der Waals surface area contributed by atoms with Gasteiger partial charge in [0.25, 0.3) is 5.56 Å². The number of hydrogen-bond acceptors (Lipinski definition) is 6. The number of halogens is 1. The van der Waals surface area contributed by atoms with Crippen LogP contribution in [-0.2, 0) is 9.53 Å². The fourth-order valence-corrected chi connectivity index (χ4v) is 5.26. The summed E-state index contributed by atoms with van der Waals surface area (Å²) in [7, 11) is 1.32. The van der Waals surface area contributed by atoms with E-state index in [1.165, 1.54) is 18.4 Å². The fraction of sp³-hybridized carbons (Fsp3) is 0.115. The average Bonchev–Trinajstić information content (AvgIpc) is 3.43. The standard InChI is InChI=1S/C26H19ClN2O4S/c1-15-22(25(31)32-2)23(16-8-4-3-5-9-16)29-24(30)21(34-26(29)28-15)14-17-12-13-20(33-17)18-10-6-7-11-19(18)27/h3-14,23H,1-2H3/b21-14-/t23-/m0/s1. The monoisotopic (exact) mass is 490 g/mol. The largest absolute Gasteiger partial charge is 0.466 e. The quantitative estimate of drug-likeness (QED) is 0.399. The van der Waals surface area contributed by atoms with E-state index in [0.29, 0.717) is 37.1 Å². The van der Waals surface area contributed by atoms with Crippen LogP contribution in [0.1, 0.15) is 24.3 Å². The van der Waals surface area contributed by atoms with Gasteiger partial charge in [0, 0.05) is 11.6 Å². The predicted molar refractivity (Wildman–Crippen MR) is 131 cm³/mol. The number of hydrogen-bond donors (Lipinski definition) is 0. The Hall–Kier alpha value is -3.68. The van der Waals surface area contributed by atoms with Crippen LogP contribution in [0.25, 0.3) is 17.4 Å². The molecule has 8 heteroatoms. The van der Waals surface area contributed by atoms with E-state index in [4.69, 9.17) is 20.8 Å². The fourth-order valence-electron chi connectivity index (χ4n) is 4.01. The number of thiazole rings is 1. The summed E-state index contributed by atoms with van der Waals surface area (Å²) in [6, 6.07) is 19.7. The van der Waals surface area contributed by atoms with Gasteiger partial charge in [-0.05, 0) is 36.8 Å². The maximum absolute atomic E-state index is 13.5. The predicted octanol–water partition coefficient (Wildman–Crippen LogP) is 4.32. The van der Waals surface area contributed by atoms with Gasteiger partial charge in [-0.15, -0.1) is 0 Å². The maximum atomic E-state index is 13.5. The highest BCUT2D eigenvalue weighted by Crippen LogP contribution is 2.31. The normalized spacial score (nSPS) is 15.7. The second-order valence-electron chi connectivity index (χ2n) is 7.67. The zero-order valence-corrected chi connectivity index (χ0v) is 19.9. The lowest BCUT2D eigenvalue weighted by Gasteiger charge is -2.24. The molecule has 5 rings (SSSR count). The molecule has 1 aliphatic rings. The van der Waals surface area contributed by atoms with Gasteiger partial charge in [-0.25, -0.2) is 9.79 Å². The molecule has 4 aromatic rings. The Kier molecular flexibility index (Phi) is 5.81. The molecule has 6 nitrogen and oxygen atoms in total. The molecule has 1 atom stereocenters. The molecule has 0 saturated carbocycles. The number of ether oxygens (including phenoxy) is 1. The third kappa shape index (κ3) is 3.83. The van der Waals surface area contributed by atoms with Crippen molar-refractivity contribution in [2.45, 2.75) is 13.0 Å². The number of rotatable bonds is 4. The van der Waals surface area contributed by atoms with Crippen LogP contribution in [0.15, 0.2) is 92.2 Å². The zero-order chi connectivity index (χ0) is 23.8. The Morgan fingerprint density at radius 2 is 1.85 bits per heavy atom. The minimum atomic E-state index is -0.637. The third-order valence-corrected chi connectivity index (χ3v) is 6.89. The molecule has 0 spiro atoms. The maximum Gasteiger partial charge on any atom is 0.338 e. The molecule has 170 valence electrons. The number of carbonyl (C=O) groups is 1. The number of nitrogens with zero attached hydrogens (tertiary/aromatic N) is 2. The number of methoxy groups -OCH3 is 1. The molecule has 0 amide bonds. The number of aromatic nitrogens is 1. The molecule has 0 saturated heterocycles. The van der Waals surface area contributed by atoms with E-state index in [0.717, 1.165) is 11.1 Å². The minimum absolute atomic E-state index is 0.262. The van der Waals surface area contributed by atoms with Crippen molar-refractivity contribution in [2.75, 3.05) is 7.11 Å². The Morgan fingerprint density at radius 3 is 2.59 bits per heavy atom. The van der Waals surface area contributed by atoms with Crippen LogP contribution in [-0.4, -0.2) is 17.6 Å². The molecule has 3 heterocycles. The molecule has 0 N–H and O–H groups in total. The van der Waals surface area contributed by atoms with Gasteiger partial charge in [0.15, 0.2) is 4.80 Å². The molecule has 0 fully saturated rings. The smallest absolute Gasteiger partial charge is 0.338 e. The average molecular weight is 491 g/mol. The summed E-state index contributed by atoms with van der Waals surface area (Å²) in [6.45, 7) is 1.75. The van der Waals surface area contributed by atoms with Crippen molar-refractivity contribution in [2.24, 2.45) is 4.99 Å². The summed E-state index contributed by atoms with van der Waals surface area (Å²) in [5.74, 6) is 0.607. The second kappa shape index (κ2) is 8.93. The van der Waals surface area contributed by atoms with Gasteiger partial charge in [0.05, 0.1) is 34.0 Å². The summed E-state index contributed by atoms with van der Waals surface area (Å²) in [5.41, 5.74) is 2.16. The lowest BCUT2D eigenvalue weighted by molar-refractivity contribution is -0.136. The van der Waals surface area contributed by atoms with Crippen LogP contribution >= 0.6 is 22.9 Å². The van der Waals surface area contributed by atoms with Gasteiger partial charge >= 0.3 is 5.97 Å². The van der Waals surface area contributed by atoms with Gasteiger partial charge in [-0.1, -0.05) is 65.4 Å². The molecule has 2 aromatic carbocycles. The van der Waals surface area contributed by atoms with Gasteiger partial charge in [0.2, 0.25) is 0 Å². The zero-order valence-electron chi connectivity index (χ0n) is 18.3. The molecule has 2 aromatic heterocycles. The van der Waals surface area contributed by atoms with Crippen molar-refractivity contribution < 1.29 is 13.9 Å². The summed E-state index contributed by atoms with van der Waals surface area (Å²) in [4.78, 5) is 31.3. The Morgan fingerprint density at radius 1 is 1.12 bits per heavy atom. The van der Waals surface area contributed by atoms with E-state index in [-0.39, 0.29) is 5.56 Å². The van der Waals surface area contributed by atoms with Gasteiger partial charge in [0.1, 0.15) is 11.5 Å². The van der Waals surface area contributed by atoms with Crippen molar-refractivity contribution >= 4 is 35.0 Å². The van der Waals surface area contributed by atoms with Crippen molar-refractivity contribution in [1.29, 1.82) is 0 Å². The number of fused-ring (bicyclic) bond motifs is 1. The van der Waals surface area contributed by atoms with E-state index in [9.17, 15) is 9.59 Å². The molecular formula is C26H19ClN2O4S. The topological polar surface area (TPSA) is 73.8 Å². The van der Waals surface area contributed by atoms with Crippen molar-refractivity contribution in [3.05, 3.63) is 114 Å². The number of allylic oxidation sites excluding steroid dienone is 1. The van der Waals surface area contributed by atoms with Gasteiger partial charge in [-0.3, -0.25) is 9.36 Å². The van der Waals surface area contributed by atoms with E-state index in [1.807, 2.05) is 54.6 Å². The first-order valence-electron chi connectivity index (χ1n) is 10.5. The lowest BCUT2D eigenvalue weighted by Crippen LogP contribution is -2.39. The van der Waals surface area contributed by atoms with Crippen molar-refractivity contribution in [1.82, 2.24) is 4.57 Å². The van der Waals surface area contributed by atoms with Crippen LogP contribution in [0.5, 0.6) is 0 Å². The molecule has 0 bridgehead atoms. The summed E-state index contributed by atoms with van der Waals surface area (Å²) >= 11 is 7.53. The number of benzene rings is 2. The van der Waals surface area contributed by atoms with Gasteiger partial charge in [-0.2, -0.15) is 0 Å². The Bertz CT molecular complexity index is 1610. The van der Waals surface area contributed by atoms with E-state index >= 15 is 0 Å². The van der Waals surface area contributed by atoms with E-state index in [2.05, 4.69) is 4.99 Å². The number of furan rings is 1. The molecule has 1 aliphatic heterocycles. The van der Waals surface area contributed by atoms with Crippen LogP contribution < -0.4 is 14.9 Å². The van der Waals surface area contributed by atoms with Crippen LogP contribution in [0.3, 0.4) is 0 Å². The molecule has 0 radical (unpaired) electrons. The molecular weight excluding hydrogens is 472 g/mol. The van der Waals surface area contributed by atoms with Crippen molar-refractivity contribution in [3.8, 4) is 11.3 Å². The Balaban J connectivity index is 1.65. The van der Waals surface area contributed by atoms with E-state index in [1.54, 1.807) is 29.7 Å². The summed E-state index contributed by atoms with van der Waals surface area (Å²) in [6.07, 6.45) is 1.68. The second-order valence-corrected chi connectivity index (χ2v) is 9.08. The minimum Gasteiger partial charge on any atom is -0.466 e. The lowest BCUT2D eigenvalue weighted by atomic mass is 9.96. The van der Waals surface area contributed by atoms with Crippen molar-refractivity contribution in [3.63, 3.8) is 0 Å². The first-order chi connectivity index (χ1) is 16.5. The highest BCUT2D eigenvalue weighted by molar-refractivity contribution is 7.07. The molecule has 0 unspecified atom stereocenters. The van der Waals surface area contributed by atoms with E-state index < -0.39 is 12.0 Å².